The average Bonchev–Trinajstić information content (AvgIpc) is 2.90. The lowest BCUT2D eigenvalue weighted by Gasteiger charge is -2.18. The summed E-state index contributed by atoms with van der Waals surface area (Å²) in [6, 6.07) is 6.03. The van der Waals surface area contributed by atoms with Gasteiger partial charge in [-0.2, -0.15) is 0 Å². The Morgan fingerprint density at radius 1 is 1.14 bits per heavy atom. The topological polar surface area (TPSA) is 30.5 Å². The number of ether oxygens (including phenoxy) is 2. The molecule has 1 unspecified atom stereocenters. The predicted molar refractivity (Wildman–Crippen MR) is 73.5 cm³/mol. The molecule has 0 spiro atoms. The van der Waals surface area contributed by atoms with Crippen molar-refractivity contribution in [2.24, 2.45) is 0 Å². The van der Waals surface area contributed by atoms with Crippen LogP contribution >= 0.6 is 0 Å². The molecule has 0 saturated heterocycles. The smallest absolute Gasteiger partial charge is 0.489 e. The van der Waals surface area contributed by atoms with Gasteiger partial charge in [0.25, 0.3) is 0 Å². The highest BCUT2D eigenvalue weighted by molar-refractivity contribution is 5.31. The molecule has 1 aromatic rings. The van der Waals surface area contributed by atoms with Crippen LogP contribution in [-0.2, 0) is 0 Å². The van der Waals surface area contributed by atoms with Gasteiger partial charge < -0.3 is 14.8 Å². The molecule has 0 aliphatic heterocycles. The fourth-order valence-corrected chi connectivity index (χ4v) is 2.46. The molecular weight excluding hydrogens is 283 g/mol. The van der Waals surface area contributed by atoms with E-state index in [0.717, 1.165) is 6.54 Å². The molecule has 118 valence electrons. The third kappa shape index (κ3) is 5.83. The Kier molecular flexibility index (Phi) is 5.33. The number of nitrogens with one attached hydrogen (secondary N) is 1. The third-order valence-electron chi connectivity index (χ3n) is 3.44. The monoisotopic (exact) mass is 303 g/mol. The van der Waals surface area contributed by atoms with Gasteiger partial charge in [-0.3, -0.25) is 0 Å². The van der Waals surface area contributed by atoms with E-state index in [-0.39, 0.29) is 11.9 Å². The van der Waals surface area contributed by atoms with Gasteiger partial charge in [0.15, 0.2) is 0 Å². The Balaban J connectivity index is 1.76. The molecule has 1 saturated carbocycles. The lowest BCUT2D eigenvalue weighted by molar-refractivity contribution is -0.274. The van der Waals surface area contributed by atoms with Gasteiger partial charge in [-0.15, -0.1) is 13.2 Å². The minimum atomic E-state index is -4.67. The first-order valence-corrected chi connectivity index (χ1v) is 7.18. The summed E-state index contributed by atoms with van der Waals surface area (Å²) in [4.78, 5) is 0. The van der Waals surface area contributed by atoms with Crippen LogP contribution in [0.4, 0.5) is 13.2 Å². The number of benzene rings is 1. The maximum Gasteiger partial charge on any atom is 0.573 e. The van der Waals surface area contributed by atoms with Crippen molar-refractivity contribution in [1.82, 2.24) is 5.32 Å². The lowest BCUT2D eigenvalue weighted by atomic mass is 10.2. The number of hydrogen-bond donors (Lipinski definition) is 1. The van der Waals surface area contributed by atoms with Crippen molar-refractivity contribution in [3.63, 3.8) is 0 Å². The van der Waals surface area contributed by atoms with Crippen LogP contribution in [0.15, 0.2) is 24.3 Å². The highest BCUT2D eigenvalue weighted by Gasteiger charge is 2.31. The molecule has 0 bridgehead atoms. The fourth-order valence-electron chi connectivity index (χ4n) is 2.46. The minimum absolute atomic E-state index is 0.0417. The zero-order chi connectivity index (χ0) is 15.3. The van der Waals surface area contributed by atoms with Crippen LogP contribution in [0.25, 0.3) is 0 Å². The van der Waals surface area contributed by atoms with E-state index in [1.807, 2.05) is 6.92 Å². The average molecular weight is 303 g/mol. The van der Waals surface area contributed by atoms with Crippen molar-refractivity contribution >= 4 is 0 Å². The van der Waals surface area contributed by atoms with E-state index in [4.69, 9.17) is 4.74 Å². The van der Waals surface area contributed by atoms with E-state index in [1.165, 1.54) is 49.9 Å². The van der Waals surface area contributed by atoms with Crippen LogP contribution < -0.4 is 14.8 Å². The molecule has 1 fully saturated rings. The van der Waals surface area contributed by atoms with Crippen molar-refractivity contribution in [3.8, 4) is 11.5 Å². The van der Waals surface area contributed by atoms with Crippen molar-refractivity contribution in [2.45, 2.75) is 51.1 Å². The van der Waals surface area contributed by atoms with Gasteiger partial charge in [0.2, 0.25) is 0 Å². The third-order valence-corrected chi connectivity index (χ3v) is 3.44. The molecule has 0 radical (unpaired) electrons. The summed E-state index contributed by atoms with van der Waals surface area (Å²) >= 11 is 0. The molecule has 1 N–H and O–H groups in total. The van der Waals surface area contributed by atoms with Crippen molar-refractivity contribution < 1.29 is 22.6 Å². The fraction of sp³-hybridized carbons (Fsp3) is 0.600. The van der Waals surface area contributed by atoms with Gasteiger partial charge in [0.05, 0.1) is 0 Å². The summed E-state index contributed by atoms with van der Waals surface area (Å²) in [5.74, 6) is 0.289. The molecule has 6 heteroatoms. The van der Waals surface area contributed by atoms with E-state index in [9.17, 15) is 13.2 Å². The minimum Gasteiger partial charge on any atom is -0.489 e. The van der Waals surface area contributed by atoms with Crippen LogP contribution in [0.3, 0.4) is 0 Å². The Bertz CT molecular complexity index is 428. The van der Waals surface area contributed by atoms with E-state index < -0.39 is 6.36 Å². The van der Waals surface area contributed by atoms with Gasteiger partial charge >= 0.3 is 6.36 Å². The maximum atomic E-state index is 12.0. The van der Waals surface area contributed by atoms with E-state index in [1.54, 1.807) is 0 Å². The van der Waals surface area contributed by atoms with Gasteiger partial charge in [-0.05, 0) is 44.0 Å². The molecule has 2 rings (SSSR count). The highest BCUT2D eigenvalue weighted by atomic mass is 19.4. The molecule has 1 atom stereocenters. The standard InChI is InChI=1S/C15H20F3NO2/c1-11(10-19-12-4-2-3-5-12)20-13-6-8-14(9-7-13)21-15(16,17)18/h6-9,11-12,19H,2-5,10H2,1H3. The maximum absolute atomic E-state index is 12.0. The summed E-state index contributed by atoms with van der Waals surface area (Å²) in [5.41, 5.74) is 0. The van der Waals surface area contributed by atoms with Crippen LogP contribution in [0.5, 0.6) is 11.5 Å². The largest absolute Gasteiger partial charge is 0.573 e. The number of alkyl halides is 3. The number of rotatable bonds is 6. The second-order valence-electron chi connectivity index (χ2n) is 5.34. The van der Waals surface area contributed by atoms with Crippen LogP contribution in [0, 0.1) is 0 Å². The zero-order valence-electron chi connectivity index (χ0n) is 12.0. The van der Waals surface area contributed by atoms with Gasteiger partial charge in [0.1, 0.15) is 17.6 Å². The zero-order valence-corrected chi connectivity index (χ0v) is 12.0. The second kappa shape index (κ2) is 7.02. The molecule has 3 nitrogen and oxygen atoms in total. The van der Waals surface area contributed by atoms with Gasteiger partial charge in [-0.1, -0.05) is 12.8 Å². The molecule has 1 aliphatic rings. The van der Waals surface area contributed by atoms with Crippen molar-refractivity contribution in [2.75, 3.05) is 6.54 Å². The lowest BCUT2D eigenvalue weighted by Crippen LogP contribution is -2.35. The quantitative estimate of drug-likeness (QED) is 0.865. The molecule has 1 aromatic carbocycles. The number of hydrogen-bond acceptors (Lipinski definition) is 3. The second-order valence-corrected chi connectivity index (χ2v) is 5.34. The summed E-state index contributed by atoms with van der Waals surface area (Å²) in [5, 5.41) is 3.45. The first-order valence-electron chi connectivity index (χ1n) is 7.18. The normalized spacial score (nSPS) is 17.7. The van der Waals surface area contributed by atoms with E-state index >= 15 is 0 Å². The molecule has 0 heterocycles. The molecule has 0 aromatic heterocycles. The molecule has 21 heavy (non-hydrogen) atoms. The SMILES string of the molecule is CC(CNC1CCCC1)Oc1ccc(OC(F)(F)F)cc1. The Labute approximate surface area is 122 Å². The summed E-state index contributed by atoms with van der Waals surface area (Å²) in [6.07, 6.45) is 0.244. The summed E-state index contributed by atoms with van der Waals surface area (Å²) < 4.78 is 45.6. The van der Waals surface area contributed by atoms with Gasteiger partial charge in [-0.25, -0.2) is 0 Å². The molecular formula is C15H20F3NO2. The first-order chi connectivity index (χ1) is 9.92. The van der Waals surface area contributed by atoms with Crippen LogP contribution in [0.1, 0.15) is 32.6 Å². The summed E-state index contributed by atoms with van der Waals surface area (Å²) in [7, 11) is 0. The van der Waals surface area contributed by atoms with Crippen LogP contribution in [-0.4, -0.2) is 25.1 Å². The molecule has 0 amide bonds. The summed E-state index contributed by atoms with van der Waals surface area (Å²) in [6.45, 7) is 2.66. The Hall–Kier alpha value is -1.43. The first kappa shape index (κ1) is 15.9. The number of halogens is 3. The van der Waals surface area contributed by atoms with Crippen LogP contribution in [0.2, 0.25) is 0 Å². The Morgan fingerprint density at radius 2 is 1.71 bits per heavy atom. The van der Waals surface area contributed by atoms with E-state index in [2.05, 4.69) is 10.1 Å². The predicted octanol–water partition coefficient (Wildman–Crippen LogP) is 3.88. The van der Waals surface area contributed by atoms with E-state index in [0.29, 0.717) is 11.8 Å². The Morgan fingerprint density at radius 3 is 2.29 bits per heavy atom. The van der Waals surface area contributed by atoms with Crippen molar-refractivity contribution in [1.29, 1.82) is 0 Å². The molecule has 1 aliphatic carbocycles. The van der Waals surface area contributed by atoms with Crippen molar-refractivity contribution in [3.05, 3.63) is 24.3 Å². The van der Waals surface area contributed by atoms with Gasteiger partial charge in [0, 0.05) is 12.6 Å². The highest BCUT2D eigenvalue weighted by Crippen LogP contribution is 2.25.